The highest BCUT2D eigenvalue weighted by molar-refractivity contribution is 6.15. The first-order valence-electron chi connectivity index (χ1n) is 9.51. The summed E-state index contributed by atoms with van der Waals surface area (Å²) in [6.45, 7) is 1.24. The van der Waals surface area contributed by atoms with Crippen LogP contribution in [0.15, 0.2) is 59.8 Å². The monoisotopic (exact) mass is 388 g/mol. The van der Waals surface area contributed by atoms with Crippen LogP contribution < -0.4 is 9.47 Å². The molecule has 0 bridgehead atoms. The number of hydrogen-bond acceptors (Lipinski definition) is 4. The average Bonchev–Trinajstić information content (AvgIpc) is 3.14. The normalized spacial score (nSPS) is 18.0. The van der Waals surface area contributed by atoms with E-state index in [1.54, 1.807) is 14.2 Å². The number of likely N-dealkylation sites (tertiary alicyclic amines) is 1. The SMILES string of the molecule is COc1ccc(C=C2CN(C)CC(=Cc3c[nH]c4ccccc34)C2=O)cc1OC. The molecule has 3 aromatic rings. The molecule has 1 saturated heterocycles. The maximum atomic E-state index is 13.2. The van der Waals surface area contributed by atoms with E-state index >= 15 is 0 Å². The van der Waals surface area contributed by atoms with Crippen LogP contribution in [0.2, 0.25) is 0 Å². The first kappa shape index (κ1) is 19.0. The smallest absolute Gasteiger partial charge is 0.187 e. The van der Waals surface area contributed by atoms with Crippen LogP contribution in [0.5, 0.6) is 11.5 Å². The zero-order chi connectivity index (χ0) is 20.4. The van der Waals surface area contributed by atoms with E-state index in [2.05, 4.69) is 16.0 Å². The number of carbonyl (C=O) groups excluding carboxylic acids is 1. The van der Waals surface area contributed by atoms with Gasteiger partial charge in [-0.2, -0.15) is 0 Å². The van der Waals surface area contributed by atoms with Crippen LogP contribution in [0.1, 0.15) is 11.1 Å². The van der Waals surface area contributed by atoms with Gasteiger partial charge in [0.1, 0.15) is 0 Å². The number of aromatic nitrogens is 1. The summed E-state index contributed by atoms with van der Waals surface area (Å²) in [5, 5.41) is 1.12. The van der Waals surface area contributed by atoms with Crippen molar-refractivity contribution < 1.29 is 14.3 Å². The van der Waals surface area contributed by atoms with Crippen molar-refractivity contribution in [1.29, 1.82) is 0 Å². The predicted molar refractivity (Wildman–Crippen MR) is 116 cm³/mol. The number of aromatic amines is 1. The maximum Gasteiger partial charge on any atom is 0.187 e. The summed E-state index contributed by atoms with van der Waals surface area (Å²) in [5.41, 5.74) is 4.56. The summed E-state index contributed by atoms with van der Waals surface area (Å²) in [6, 6.07) is 13.8. The molecular weight excluding hydrogens is 364 g/mol. The molecule has 0 atom stereocenters. The van der Waals surface area contributed by atoms with Crippen LogP contribution in [-0.4, -0.2) is 50.0 Å². The van der Waals surface area contributed by atoms with Gasteiger partial charge in [0, 0.05) is 46.9 Å². The molecular formula is C24H24N2O3. The molecule has 1 aliphatic heterocycles. The lowest BCUT2D eigenvalue weighted by atomic mass is 9.94. The molecule has 29 heavy (non-hydrogen) atoms. The molecule has 1 fully saturated rings. The number of ether oxygens (including phenoxy) is 2. The molecule has 2 aromatic carbocycles. The van der Waals surface area contributed by atoms with Gasteiger partial charge in [-0.1, -0.05) is 24.3 Å². The molecule has 2 heterocycles. The van der Waals surface area contributed by atoms with E-state index in [0.717, 1.165) is 33.2 Å². The second kappa shape index (κ2) is 7.97. The van der Waals surface area contributed by atoms with Gasteiger partial charge in [-0.05, 0) is 43.0 Å². The van der Waals surface area contributed by atoms with Gasteiger partial charge in [0.15, 0.2) is 17.3 Å². The zero-order valence-electron chi connectivity index (χ0n) is 16.9. The van der Waals surface area contributed by atoms with Crippen molar-refractivity contribution in [3.63, 3.8) is 0 Å². The Kier molecular flexibility index (Phi) is 5.23. The van der Waals surface area contributed by atoms with Gasteiger partial charge in [-0.15, -0.1) is 0 Å². The minimum Gasteiger partial charge on any atom is -0.493 e. The first-order chi connectivity index (χ1) is 14.1. The highest BCUT2D eigenvalue weighted by Gasteiger charge is 2.24. The Hall–Kier alpha value is -3.31. The number of Topliss-reactive ketones (excluding diaryl/α,β-unsaturated/α-hetero) is 1. The summed E-state index contributed by atoms with van der Waals surface area (Å²) < 4.78 is 10.7. The minimum absolute atomic E-state index is 0.0863. The van der Waals surface area contributed by atoms with E-state index in [1.807, 2.05) is 61.8 Å². The summed E-state index contributed by atoms with van der Waals surface area (Å²) in [4.78, 5) is 18.6. The zero-order valence-corrected chi connectivity index (χ0v) is 16.9. The average molecular weight is 388 g/mol. The topological polar surface area (TPSA) is 54.6 Å². The third kappa shape index (κ3) is 3.82. The number of benzene rings is 2. The van der Waals surface area contributed by atoms with Gasteiger partial charge in [0.25, 0.3) is 0 Å². The fraction of sp³-hybridized carbons (Fsp3) is 0.208. The quantitative estimate of drug-likeness (QED) is 0.682. The van der Waals surface area contributed by atoms with Crippen LogP contribution in [0.4, 0.5) is 0 Å². The van der Waals surface area contributed by atoms with Gasteiger partial charge >= 0.3 is 0 Å². The molecule has 0 unspecified atom stereocenters. The number of rotatable bonds is 4. The molecule has 148 valence electrons. The Labute approximate surface area is 170 Å². The van der Waals surface area contributed by atoms with Gasteiger partial charge in [0.05, 0.1) is 14.2 Å². The summed E-state index contributed by atoms with van der Waals surface area (Å²) in [6.07, 6.45) is 5.89. The van der Waals surface area contributed by atoms with E-state index in [9.17, 15) is 4.79 Å². The fourth-order valence-corrected chi connectivity index (χ4v) is 3.75. The number of piperidine rings is 1. The van der Waals surface area contributed by atoms with Crippen molar-refractivity contribution >= 4 is 28.8 Å². The fourth-order valence-electron chi connectivity index (χ4n) is 3.75. The van der Waals surface area contributed by atoms with Crippen LogP contribution >= 0.6 is 0 Å². The van der Waals surface area contributed by atoms with E-state index in [-0.39, 0.29) is 5.78 Å². The molecule has 4 rings (SSSR count). The third-order valence-corrected chi connectivity index (χ3v) is 5.16. The molecule has 1 aliphatic rings. The molecule has 0 amide bonds. The van der Waals surface area contributed by atoms with Crippen LogP contribution in [0.25, 0.3) is 23.1 Å². The number of H-pyrrole nitrogens is 1. The Balaban J connectivity index is 1.69. The van der Waals surface area contributed by atoms with Gasteiger partial charge < -0.3 is 14.5 Å². The highest BCUT2D eigenvalue weighted by Crippen LogP contribution is 2.30. The van der Waals surface area contributed by atoms with E-state index in [1.165, 1.54) is 0 Å². The Bertz CT molecular complexity index is 1120. The van der Waals surface area contributed by atoms with Crippen LogP contribution in [0, 0.1) is 0 Å². The molecule has 5 heteroatoms. The van der Waals surface area contributed by atoms with E-state index in [0.29, 0.717) is 24.6 Å². The largest absolute Gasteiger partial charge is 0.493 e. The number of hydrogen-bond donors (Lipinski definition) is 1. The molecule has 5 nitrogen and oxygen atoms in total. The lowest BCUT2D eigenvalue weighted by Gasteiger charge is -2.26. The standard InChI is InChI=1S/C24H24N2O3/c1-26-14-18(10-16-8-9-22(28-2)23(11-16)29-3)24(27)19(15-26)12-17-13-25-21-7-5-4-6-20(17)21/h4-13,25H,14-15H2,1-3H3. The van der Waals surface area contributed by atoms with Crippen LogP contribution in [-0.2, 0) is 4.79 Å². The lowest BCUT2D eigenvalue weighted by molar-refractivity contribution is -0.113. The Morgan fingerprint density at radius 3 is 2.45 bits per heavy atom. The predicted octanol–water partition coefficient (Wildman–Crippen LogP) is 4.17. The van der Waals surface area contributed by atoms with Gasteiger partial charge in [0.2, 0.25) is 0 Å². The number of carbonyl (C=O) groups is 1. The summed E-state index contributed by atoms with van der Waals surface area (Å²) >= 11 is 0. The van der Waals surface area contributed by atoms with Crippen molar-refractivity contribution in [2.75, 3.05) is 34.4 Å². The number of nitrogens with one attached hydrogen (secondary N) is 1. The Morgan fingerprint density at radius 1 is 0.966 bits per heavy atom. The third-order valence-electron chi connectivity index (χ3n) is 5.16. The van der Waals surface area contributed by atoms with Gasteiger partial charge in [-0.3, -0.25) is 9.69 Å². The van der Waals surface area contributed by atoms with Crippen molar-refractivity contribution in [2.24, 2.45) is 0 Å². The first-order valence-corrected chi connectivity index (χ1v) is 9.51. The summed E-state index contributed by atoms with van der Waals surface area (Å²) in [5.74, 6) is 1.40. The van der Waals surface area contributed by atoms with Crippen molar-refractivity contribution in [3.8, 4) is 11.5 Å². The number of fused-ring (bicyclic) bond motifs is 1. The van der Waals surface area contributed by atoms with Crippen molar-refractivity contribution in [3.05, 3.63) is 70.9 Å². The molecule has 0 radical (unpaired) electrons. The van der Waals surface area contributed by atoms with Crippen molar-refractivity contribution in [2.45, 2.75) is 0 Å². The molecule has 1 N–H and O–H groups in total. The minimum atomic E-state index is 0.0863. The van der Waals surface area contributed by atoms with E-state index < -0.39 is 0 Å². The maximum absolute atomic E-state index is 13.2. The number of methoxy groups -OCH3 is 2. The molecule has 1 aromatic heterocycles. The number of para-hydroxylation sites is 1. The molecule has 0 aliphatic carbocycles. The number of nitrogens with zero attached hydrogens (tertiary/aromatic N) is 1. The Morgan fingerprint density at radius 2 is 1.69 bits per heavy atom. The number of likely N-dealkylation sites (N-methyl/N-ethyl adjacent to an activating group) is 1. The molecule has 0 saturated carbocycles. The molecule has 0 spiro atoms. The van der Waals surface area contributed by atoms with Crippen LogP contribution in [0.3, 0.4) is 0 Å². The highest BCUT2D eigenvalue weighted by atomic mass is 16.5. The second-order valence-electron chi connectivity index (χ2n) is 7.24. The summed E-state index contributed by atoms with van der Waals surface area (Å²) in [7, 11) is 5.24. The number of ketones is 1. The van der Waals surface area contributed by atoms with Crippen molar-refractivity contribution in [1.82, 2.24) is 9.88 Å². The van der Waals surface area contributed by atoms with E-state index in [4.69, 9.17) is 9.47 Å². The van der Waals surface area contributed by atoms with Gasteiger partial charge in [-0.25, -0.2) is 0 Å². The lowest BCUT2D eigenvalue weighted by Crippen LogP contribution is -2.34. The second-order valence-corrected chi connectivity index (χ2v) is 7.24.